The Kier molecular flexibility index (Phi) is 1.51. The fourth-order valence-corrected chi connectivity index (χ4v) is 2.97. The summed E-state index contributed by atoms with van der Waals surface area (Å²) >= 11 is 0. The van der Waals surface area contributed by atoms with Crippen molar-refractivity contribution in [2.45, 2.75) is 39.5 Å². The molecule has 2 bridgehead atoms. The Hall–Kier alpha value is 0. The molecule has 0 spiro atoms. The van der Waals surface area contributed by atoms with E-state index in [2.05, 4.69) is 13.8 Å². The Morgan fingerprint density at radius 3 is 2.30 bits per heavy atom. The molecule has 0 saturated heterocycles. The molecule has 0 nitrogen and oxygen atoms in total. The molecule has 0 radical (unpaired) electrons. The zero-order valence-electron chi connectivity index (χ0n) is 7.14. The third kappa shape index (κ3) is 0.889. The number of fused-ring (bicyclic) bond motifs is 2. The first-order valence-electron chi connectivity index (χ1n) is 4.77. The van der Waals surface area contributed by atoms with Crippen molar-refractivity contribution in [3.63, 3.8) is 0 Å². The summed E-state index contributed by atoms with van der Waals surface area (Å²) in [7, 11) is 0. The second-order valence-electron chi connectivity index (χ2n) is 4.52. The molecule has 2 aliphatic rings. The maximum Gasteiger partial charge on any atom is -0.0383 e. The lowest BCUT2D eigenvalue weighted by Crippen LogP contribution is -2.14. The fraction of sp³-hybridized carbons (Fsp3) is 1.00. The number of rotatable bonds is 0. The summed E-state index contributed by atoms with van der Waals surface area (Å²) in [6.45, 7) is 4.89. The van der Waals surface area contributed by atoms with Crippen LogP contribution in [0.5, 0.6) is 0 Å². The zero-order chi connectivity index (χ0) is 7.14. The minimum absolute atomic E-state index is 1.04. The van der Waals surface area contributed by atoms with E-state index in [1.807, 2.05) is 0 Å². The molecule has 2 aliphatic carbocycles. The highest BCUT2D eigenvalue weighted by atomic mass is 14.4. The molecule has 0 aromatic rings. The molecule has 0 aromatic carbocycles. The molecule has 2 rings (SSSR count). The van der Waals surface area contributed by atoms with Gasteiger partial charge in [-0.2, -0.15) is 0 Å². The maximum absolute atomic E-state index is 2.45. The number of hydrogen-bond acceptors (Lipinski definition) is 0. The van der Waals surface area contributed by atoms with Crippen molar-refractivity contribution in [1.82, 2.24) is 0 Å². The summed E-state index contributed by atoms with van der Waals surface area (Å²) in [6, 6.07) is 0. The highest BCUT2D eigenvalue weighted by Gasteiger charge is 2.37. The molecule has 4 unspecified atom stereocenters. The highest BCUT2D eigenvalue weighted by molar-refractivity contribution is 4.88. The summed E-state index contributed by atoms with van der Waals surface area (Å²) in [4.78, 5) is 0. The smallest absolute Gasteiger partial charge is 0.0383 e. The average Bonchev–Trinajstić information content (AvgIpc) is 2.21. The van der Waals surface area contributed by atoms with Gasteiger partial charge in [0.15, 0.2) is 0 Å². The highest BCUT2D eigenvalue weighted by Crippen LogP contribution is 2.48. The Morgan fingerprint density at radius 2 is 1.60 bits per heavy atom. The minimum Gasteiger partial charge on any atom is -0.0622 e. The van der Waals surface area contributed by atoms with Crippen LogP contribution in [0, 0.1) is 23.7 Å². The van der Waals surface area contributed by atoms with Crippen LogP contribution in [0.25, 0.3) is 0 Å². The van der Waals surface area contributed by atoms with Crippen LogP contribution in [0.1, 0.15) is 39.5 Å². The Bertz CT molecular complexity index is 126. The quantitative estimate of drug-likeness (QED) is 0.482. The molecule has 10 heavy (non-hydrogen) atoms. The van der Waals surface area contributed by atoms with Crippen molar-refractivity contribution < 1.29 is 0 Å². The topological polar surface area (TPSA) is 0 Å². The maximum atomic E-state index is 2.45. The first-order chi connectivity index (χ1) is 4.77. The summed E-state index contributed by atoms with van der Waals surface area (Å²) in [6.07, 6.45) is 6.13. The van der Waals surface area contributed by atoms with Crippen LogP contribution in [0.15, 0.2) is 0 Å². The molecule has 0 heterocycles. The monoisotopic (exact) mass is 138 g/mol. The van der Waals surface area contributed by atoms with Gasteiger partial charge >= 0.3 is 0 Å². The van der Waals surface area contributed by atoms with Gasteiger partial charge in [-0.15, -0.1) is 0 Å². The molecular weight excluding hydrogens is 120 g/mol. The molecule has 58 valence electrons. The van der Waals surface area contributed by atoms with E-state index in [1.54, 1.807) is 6.42 Å². The van der Waals surface area contributed by atoms with E-state index >= 15 is 0 Å². The van der Waals surface area contributed by atoms with Crippen LogP contribution in [0.3, 0.4) is 0 Å². The van der Waals surface area contributed by atoms with Gasteiger partial charge in [-0.3, -0.25) is 0 Å². The van der Waals surface area contributed by atoms with Gasteiger partial charge in [0, 0.05) is 0 Å². The largest absolute Gasteiger partial charge is 0.0622 e. The van der Waals surface area contributed by atoms with Crippen molar-refractivity contribution in [2.75, 3.05) is 0 Å². The van der Waals surface area contributed by atoms with E-state index in [4.69, 9.17) is 0 Å². The predicted molar refractivity (Wildman–Crippen MR) is 43.8 cm³/mol. The fourth-order valence-electron chi connectivity index (χ4n) is 2.97. The van der Waals surface area contributed by atoms with Crippen molar-refractivity contribution in [3.05, 3.63) is 0 Å². The average molecular weight is 138 g/mol. The lowest BCUT2D eigenvalue weighted by Gasteiger charge is -2.25. The molecular formula is C10H18. The Labute approximate surface area is 64.0 Å². The standard InChI is InChI=1S/C10H18/c1-7-3-4-9-6-10(7)5-8(9)2/h7-10H,3-6H2,1-2H3. The van der Waals surface area contributed by atoms with Crippen LogP contribution in [0.2, 0.25) is 0 Å². The first-order valence-corrected chi connectivity index (χ1v) is 4.77. The Balaban J connectivity index is 2.08. The van der Waals surface area contributed by atoms with Crippen LogP contribution in [-0.4, -0.2) is 0 Å². The predicted octanol–water partition coefficient (Wildman–Crippen LogP) is 3.08. The zero-order valence-corrected chi connectivity index (χ0v) is 7.14. The van der Waals surface area contributed by atoms with Gasteiger partial charge in [-0.05, 0) is 42.9 Å². The summed E-state index contributed by atoms with van der Waals surface area (Å²) in [5, 5.41) is 0. The van der Waals surface area contributed by atoms with E-state index in [-0.39, 0.29) is 0 Å². The minimum atomic E-state index is 1.04. The third-order valence-corrected chi connectivity index (χ3v) is 3.88. The van der Waals surface area contributed by atoms with Gasteiger partial charge < -0.3 is 0 Å². The second kappa shape index (κ2) is 2.25. The van der Waals surface area contributed by atoms with Gasteiger partial charge in [0.2, 0.25) is 0 Å². The third-order valence-electron chi connectivity index (χ3n) is 3.88. The van der Waals surface area contributed by atoms with Gasteiger partial charge in [-0.1, -0.05) is 20.3 Å². The molecule has 0 N–H and O–H groups in total. The van der Waals surface area contributed by atoms with E-state index in [0.717, 1.165) is 23.7 Å². The molecule has 0 amide bonds. The lowest BCUT2D eigenvalue weighted by atomic mass is 9.81. The molecule has 0 aliphatic heterocycles. The molecule has 0 aromatic heterocycles. The molecule has 2 saturated carbocycles. The van der Waals surface area contributed by atoms with Crippen LogP contribution < -0.4 is 0 Å². The van der Waals surface area contributed by atoms with Gasteiger partial charge in [0.25, 0.3) is 0 Å². The molecule has 0 heteroatoms. The van der Waals surface area contributed by atoms with Crippen LogP contribution in [0.4, 0.5) is 0 Å². The number of hydrogen-bond donors (Lipinski definition) is 0. The van der Waals surface area contributed by atoms with Gasteiger partial charge in [-0.25, -0.2) is 0 Å². The second-order valence-corrected chi connectivity index (χ2v) is 4.52. The Morgan fingerprint density at radius 1 is 0.800 bits per heavy atom. The first kappa shape index (κ1) is 6.69. The van der Waals surface area contributed by atoms with E-state index in [0.29, 0.717) is 0 Å². The van der Waals surface area contributed by atoms with Crippen molar-refractivity contribution in [3.8, 4) is 0 Å². The van der Waals surface area contributed by atoms with Crippen molar-refractivity contribution in [2.24, 2.45) is 23.7 Å². The molecule has 4 atom stereocenters. The summed E-state index contributed by atoms with van der Waals surface area (Å²) < 4.78 is 0. The summed E-state index contributed by atoms with van der Waals surface area (Å²) in [5.41, 5.74) is 0. The van der Waals surface area contributed by atoms with Gasteiger partial charge in [0.1, 0.15) is 0 Å². The van der Waals surface area contributed by atoms with E-state index in [9.17, 15) is 0 Å². The van der Waals surface area contributed by atoms with E-state index in [1.165, 1.54) is 19.3 Å². The normalized spacial score (nSPS) is 53.4. The van der Waals surface area contributed by atoms with Crippen molar-refractivity contribution in [1.29, 1.82) is 0 Å². The van der Waals surface area contributed by atoms with Crippen LogP contribution >= 0.6 is 0 Å². The SMILES string of the molecule is CC1CC2CC1CCC2C. The molecule has 2 fully saturated rings. The van der Waals surface area contributed by atoms with Crippen LogP contribution in [-0.2, 0) is 0 Å². The van der Waals surface area contributed by atoms with E-state index < -0.39 is 0 Å². The lowest BCUT2D eigenvalue weighted by molar-refractivity contribution is 0.259. The van der Waals surface area contributed by atoms with Gasteiger partial charge in [0.05, 0.1) is 0 Å². The van der Waals surface area contributed by atoms with Crippen molar-refractivity contribution >= 4 is 0 Å². The summed E-state index contributed by atoms with van der Waals surface area (Å²) in [5.74, 6) is 4.31.